The van der Waals surface area contributed by atoms with Crippen molar-refractivity contribution in [3.05, 3.63) is 58.8 Å². The second-order valence-corrected chi connectivity index (χ2v) is 13.5. The summed E-state index contributed by atoms with van der Waals surface area (Å²) >= 11 is 0. The van der Waals surface area contributed by atoms with Gasteiger partial charge >= 0.3 is 18.2 Å². The quantitative estimate of drug-likeness (QED) is 0.310. The fourth-order valence-corrected chi connectivity index (χ4v) is 6.03. The molecule has 1 aromatic carbocycles. The first-order valence-electron chi connectivity index (χ1n) is 14.9. The maximum Gasteiger partial charge on any atom is 0.417 e. The second kappa shape index (κ2) is 13.3. The third-order valence-electron chi connectivity index (χ3n) is 7.71. The van der Waals surface area contributed by atoms with Crippen molar-refractivity contribution in [3.63, 3.8) is 0 Å². The molecule has 8 nitrogen and oxygen atoms in total. The molecule has 0 unspecified atom stereocenters. The number of carbonyl (C=O) groups excluding carboxylic acids is 2. The lowest BCUT2D eigenvalue weighted by molar-refractivity contribution is -0.151. The van der Waals surface area contributed by atoms with Gasteiger partial charge in [-0.05, 0) is 56.2 Å². The molecular formula is C33H46F3N3O5. The lowest BCUT2D eigenvalue weighted by atomic mass is 9.72. The van der Waals surface area contributed by atoms with Crippen LogP contribution in [-0.4, -0.2) is 53.3 Å². The Morgan fingerprint density at radius 2 is 1.70 bits per heavy atom. The van der Waals surface area contributed by atoms with Gasteiger partial charge in [0, 0.05) is 30.3 Å². The molecule has 1 aliphatic rings. The molecule has 1 aliphatic heterocycles. The van der Waals surface area contributed by atoms with Gasteiger partial charge in [0.25, 0.3) is 0 Å². The van der Waals surface area contributed by atoms with E-state index in [0.717, 1.165) is 23.4 Å². The van der Waals surface area contributed by atoms with Gasteiger partial charge in [0.2, 0.25) is 5.88 Å². The van der Waals surface area contributed by atoms with E-state index in [-0.39, 0.29) is 30.5 Å². The Balaban J connectivity index is 2.29. The van der Waals surface area contributed by atoms with E-state index in [1.807, 2.05) is 58.9 Å². The molecule has 0 bridgehead atoms. The number of carbonyl (C=O) groups is 2. The van der Waals surface area contributed by atoms with E-state index in [9.17, 15) is 22.8 Å². The Labute approximate surface area is 258 Å². The molecule has 0 radical (unpaired) electrons. The molecule has 3 rings (SSSR count). The van der Waals surface area contributed by atoms with Crippen molar-refractivity contribution in [1.82, 2.24) is 15.2 Å². The number of hydrogen-bond donors (Lipinski definition) is 1. The first-order chi connectivity index (χ1) is 20.3. The van der Waals surface area contributed by atoms with Crippen LogP contribution < -0.4 is 10.1 Å². The Bertz CT molecular complexity index is 1320. The molecule has 1 fully saturated rings. The highest BCUT2D eigenvalue weighted by Gasteiger charge is 2.59. The second-order valence-electron chi connectivity index (χ2n) is 13.5. The number of ether oxygens (including phenoxy) is 3. The molecule has 4 atom stereocenters. The van der Waals surface area contributed by atoms with E-state index in [1.165, 1.54) is 12.0 Å². The smallest absolute Gasteiger partial charge is 0.417 e. The first kappa shape index (κ1) is 35.1. The van der Waals surface area contributed by atoms with E-state index < -0.39 is 58.9 Å². The summed E-state index contributed by atoms with van der Waals surface area (Å²) in [7, 11) is 1.34. The van der Waals surface area contributed by atoms with Crippen molar-refractivity contribution in [2.75, 3.05) is 13.7 Å². The van der Waals surface area contributed by atoms with Crippen LogP contribution in [0.2, 0.25) is 0 Å². The molecule has 1 amide bonds. The van der Waals surface area contributed by atoms with Gasteiger partial charge < -0.3 is 19.5 Å². The predicted molar refractivity (Wildman–Crippen MR) is 161 cm³/mol. The van der Waals surface area contributed by atoms with Crippen molar-refractivity contribution in [2.24, 2.45) is 11.3 Å². The van der Waals surface area contributed by atoms with Gasteiger partial charge in [0.05, 0.1) is 25.3 Å². The van der Waals surface area contributed by atoms with Gasteiger partial charge in [-0.2, -0.15) is 13.2 Å². The fraction of sp³-hybridized carbons (Fsp3) is 0.606. The number of alkyl halides is 3. The van der Waals surface area contributed by atoms with Crippen molar-refractivity contribution in [3.8, 4) is 5.88 Å². The third kappa shape index (κ3) is 7.83. The van der Waals surface area contributed by atoms with Crippen LogP contribution in [0.3, 0.4) is 0 Å². The number of pyridine rings is 1. The van der Waals surface area contributed by atoms with Crippen LogP contribution in [0.5, 0.6) is 5.88 Å². The molecule has 11 heteroatoms. The molecule has 1 aromatic heterocycles. The summed E-state index contributed by atoms with van der Waals surface area (Å²) in [5.74, 6) is -1.01. The van der Waals surface area contributed by atoms with Gasteiger partial charge in [0.1, 0.15) is 11.6 Å². The molecule has 244 valence electrons. The van der Waals surface area contributed by atoms with Gasteiger partial charge in [0.15, 0.2) is 0 Å². The van der Waals surface area contributed by atoms with Crippen molar-refractivity contribution >= 4 is 12.1 Å². The molecule has 44 heavy (non-hydrogen) atoms. The summed E-state index contributed by atoms with van der Waals surface area (Å²) in [5, 5.41) is 3.45. The number of likely N-dealkylation sites (tertiary alicyclic amines) is 1. The van der Waals surface area contributed by atoms with E-state index in [4.69, 9.17) is 14.2 Å². The number of amides is 1. The third-order valence-corrected chi connectivity index (χ3v) is 7.71. The normalized spacial score (nSPS) is 21.0. The number of halogens is 3. The monoisotopic (exact) mass is 621 g/mol. The summed E-state index contributed by atoms with van der Waals surface area (Å²) in [6, 6.07) is 6.30. The Morgan fingerprint density at radius 1 is 1.07 bits per heavy atom. The highest BCUT2D eigenvalue weighted by molar-refractivity contribution is 5.84. The van der Waals surface area contributed by atoms with Crippen LogP contribution in [0.4, 0.5) is 18.0 Å². The molecule has 0 spiro atoms. The lowest BCUT2D eigenvalue weighted by Crippen LogP contribution is -2.49. The summed E-state index contributed by atoms with van der Waals surface area (Å²) in [4.78, 5) is 33.3. The van der Waals surface area contributed by atoms with Gasteiger partial charge in [-0.15, -0.1) is 0 Å². The lowest BCUT2D eigenvalue weighted by Gasteiger charge is -2.36. The predicted octanol–water partition coefficient (Wildman–Crippen LogP) is 7.28. The highest BCUT2D eigenvalue weighted by atomic mass is 19.4. The van der Waals surface area contributed by atoms with Crippen LogP contribution >= 0.6 is 0 Å². The molecule has 1 N–H and O–H groups in total. The minimum atomic E-state index is -4.60. The maximum absolute atomic E-state index is 14.1. The zero-order valence-corrected chi connectivity index (χ0v) is 27.3. The number of esters is 1. The Kier molecular flexibility index (Phi) is 10.7. The van der Waals surface area contributed by atoms with Crippen molar-refractivity contribution in [2.45, 2.75) is 105 Å². The van der Waals surface area contributed by atoms with E-state index in [0.29, 0.717) is 0 Å². The van der Waals surface area contributed by atoms with E-state index >= 15 is 0 Å². The van der Waals surface area contributed by atoms with Gasteiger partial charge in [-0.1, -0.05) is 58.9 Å². The van der Waals surface area contributed by atoms with Gasteiger partial charge in [-0.3, -0.25) is 4.90 Å². The average molecular weight is 622 g/mol. The number of aromatic nitrogens is 1. The number of methoxy groups -OCH3 is 1. The van der Waals surface area contributed by atoms with Crippen LogP contribution in [0.15, 0.2) is 36.5 Å². The highest BCUT2D eigenvalue weighted by Crippen LogP contribution is 2.50. The molecule has 0 aliphatic carbocycles. The molecule has 2 aromatic rings. The maximum atomic E-state index is 14.1. The Morgan fingerprint density at radius 3 is 2.23 bits per heavy atom. The van der Waals surface area contributed by atoms with E-state index in [1.54, 1.807) is 27.7 Å². The number of nitrogens with zero attached hydrogens (tertiary/aromatic N) is 2. The first-order valence-corrected chi connectivity index (χ1v) is 14.9. The topological polar surface area (TPSA) is 90.0 Å². The van der Waals surface area contributed by atoms with Crippen molar-refractivity contribution < 1.29 is 37.0 Å². The molecule has 0 saturated carbocycles. The number of hydrogen-bond acceptors (Lipinski definition) is 7. The summed E-state index contributed by atoms with van der Waals surface area (Å²) < 4.78 is 57.7. The number of rotatable bonds is 8. The SMILES string of the molecule is CCOC(=O)[C@@H]1[C@@H](C(C)(C)C)[C@H](NCc2cc(C(F)(F)F)cnc2OC)[C@H](c2ccccc2C(C)C)N1C(=O)OC(C)(C)C. The Hall–Kier alpha value is -3.34. The van der Waals surface area contributed by atoms with Crippen LogP contribution in [0.25, 0.3) is 0 Å². The number of nitrogens with one attached hydrogen (secondary N) is 1. The van der Waals surface area contributed by atoms with Crippen LogP contribution in [0.1, 0.15) is 96.5 Å². The van der Waals surface area contributed by atoms with Gasteiger partial charge in [-0.25, -0.2) is 14.6 Å². The number of benzene rings is 1. The zero-order chi connectivity index (χ0) is 33.2. The van der Waals surface area contributed by atoms with Crippen molar-refractivity contribution in [1.29, 1.82) is 0 Å². The fourth-order valence-electron chi connectivity index (χ4n) is 6.03. The summed E-state index contributed by atoms with van der Waals surface area (Å²) in [6.07, 6.45) is -4.55. The average Bonchev–Trinajstić information content (AvgIpc) is 3.26. The zero-order valence-electron chi connectivity index (χ0n) is 27.3. The largest absolute Gasteiger partial charge is 0.481 e. The van der Waals surface area contributed by atoms with Crippen LogP contribution in [0, 0.1) is 11.3 Å². The van der Waals surface area contributed by atoms with Crippen LogP contribution in [-0.2, 0) is 27.0 Å². The molecular weight excluding hydrogens is 575 g/mol. The molecule has 1 saturated heterocycles. The minimum absolute atomic E-state index is 0.0425. The minimum Gasteiger partial charge on any atom is -0.481 e. The summed E-state index contributed by atoms with van der Waals surface area (Å²) in [5.41, 5.74) is -0.385. The standard InChI is InChI=1S/C33H46F3N3O5/c1-11-43-29(40)27-24(31(4,5)6)25(37-17-20-16-21(33(34,35)36)18-38-28(20)42-10)26(39(27)30(41)44-32(7,8)9)23-15-13-12-14-22(23)19(2)3/h12-16,18-19,24-27,37H,11,17H2,1-10H3/t24-,25-,26-,27-/m0/s1. The van der Waals surface area contributed by atoms with E-state index in [2.05, 4.69) is 10.3 Å². The molecule has 2 heterocycles. The summed E-state index contributed by atoms with van der Waals surface area (Å²) in [6.45, 7) is 17.0.